The molecule has 1 unspecified atom stereocenters. The Labute approximate surface area is 112 Å². The average Bonchev–Trinajstić information content (AvgIpc) is 3.04. The normalized spacial score (nSPS) is 22.3. The Morgan fingerprint density at radius 2 is 2.33 bits per heavy atom. The number of ketones is 1. The van der Waals surface area contributed by atoms with Gasteiger partial charge in [-0.2, -0.15) is 0 Å². The molecule has 1 saturated heterocycles. The summed E-state index contributed by atoms with van der Waals surface area (Å²) in [4.78, 5) is 14.5. The Morgan fingerprint density at radius 1 is 1.39 bits per heavy atom. The lowest BCUT2D eigenvalue weighted by atomic mass is 10.1. The van der Waals surface area contributed by atoms with Crippen LogP contribution >= 0.6 is 11.3 Å². The maximum Gasteiger partial charge on any atom is 0.172 e. The Balaban J connectivity index is 1.48. The highest BCUT2D eigenvalue weighted by Gasteiger charge is 2.19. The van der Waals surface area contributed by atoms with Gasteiger partial charge >= 0.3 is 0 Å². The summed E-state index contributed by atoms with van der Waals surface area (Å²) in [5, 5.41) is 0. The first-order chi connectivity index (χ1) is 8.83. The molecule has 3 rings (SSSR count). The maximum absolute atomic E-state index is 12.1. The van der Waals surface area contributed by atoms with Crippen molar-refractivity contribution in [1.29, 1.82) is 0 Å². The van der Waals surface area contributed by atoms with Crippen LogP contribution in [0.25, 0.3) is 0 Å². The second-order valence-corrected chi connectivity index (χ2v) is 6.50. The number of ether oxygens (including phenoxy) is 1. The fourth-order valence-corrected chi connectivity index (χ4v) is 4.17. The van der Waals surface area contributed by atoms with Crippen LogP contribution in [0.3, 0.4) is 0 Å². The first-order valence-electron chi connectivity index (χ1n) is 7.09. The number of fused-ring (bicyclic) bond motifs is 1. The summed E-state index contributed by atoms with van der Waals surface area (Å²) in [5.41, 5.74) is 1.43. The number of hydrogen-bond acceptors (Lipinski definition) is 3. The zero-order valence-electron chi connectivity index (χ0n) is 10.7. The van der Waals surface area contributed by atoms with Crippen molar-refractivity contribution >= 4 is 17.1 Å². The minimum absolute atomic E-state index is 0.340. The molecule has 18 heavy (non-hydrogen) atoms. The molecule has 0 radical (unpaired) electrons. The van der Waals surface area contributed by atoms with E-state index in [-0.39, 0.29) is 0 Å². The summed E-state index contributed by atoms with van der Waals surface area (Å²) in [6.45, 7) is 0.913. The van der Waals surface area contributed by atoms with E-state index in [1.807, 2.05) is 0 Å². The third kappa shape index (κ3) is 2.67. The second-order valence-electron chi connectivity index (χ2n) is 5.36. The molecular formula is C15H20O2S. The Hall–Kier alpha value is -0.670. The predicted octanol–water partition coefficient (Wildman–Crippen LogP) is 3.77. The fourth-order valence-electron chi connectivity index (χ4n) is 2.95. The molecule has 0 aromatic carbocycles. The van der Waals surface area contributed by atoms with Crippen molar-refractivity contribution in [3.63, 3.8) is 0 Å². The van der Waals surface area contributed by atoms with Crippen LogP contribution in [0, 0.1) is 0 Å². The molecule has 0 amide bonds. The molecule has 1 aliphatic heterocycles. The number of Topliss-reactive ketones (excluding diaryl/α,β-unsaturated/α-hetero) is 1. The van der Waals surface area contributed by atoms with Crippen molar-refractivity contribution in [1.82, 2.24) is 0 Å². The predicted molar refractivity (Wildman–Crippen MR) is 73.5 cm³/mol. The molecule has 0 bridgehead atoms. The summed E-state index contributed by atoms with van der Waals surface area (Å²) < 4.78 is 5.58. The van der Waals surface area contributed by atoms with E-state index in [1.54, 1.807) is 11.3 Å². The molecule has 98 valence electrons. The highest BCUT2D eigenvalue weighted by Crippen LogP contribution is 2.31. The van der Waals surface area contributed by atoms with E-state index < -0.39 is 0 Å². The number of rotatable bonds is 5. The highest BCUT2D eigenvalue weighted by molar-refractivity contribution is 7.14. The van der Waals surface area contributed by atoms with Crippen LogP contribution in [-0.2, 0) is 17.6 Å². The van der Waals surface area contributed by atoms with Gasteiger partial charge in [0.05, 0.1) is 11.0 Å². The molecule has 0 saturated carbocycles. The quantitative estimate of drug-likeness (QED) is 0.757. The molecule has 1 aliphatic carbocycles. The van der Waals surface area contributed by atoms with Crippen LogP contribution in [0.15, 0.2) is 6.07 Å². The number of thiophene rings is 1. The van der Waals surface area contributed by atoms with E-state index in [4.69, 9.17) is 4.74 Å². The van der Waals surface area contributed by atoms with Crippen LogP contribution in [0.5, 0.6) is 0 Å². The van der Waals surface area contributed by atoms with Gasteiger partial charge in [0.15, 0.2) is 5.78 Å². The molecule has 2 heterocycles. The molecule has 2 aliphatic rings. The summed E-state index contributed by atoms with van der Waals surface area (Å²) in [6.07, 6.45) is 9.15. The summed E-state index contributed by atoms with van der Waals surface area (Å²) >= 11 is 1.73. The van der Waals surface area contributed by atoms with Crippen LogP contribution < -0.4 is 0 Å². The molecule has 0 N–H and O–H groups in total. The van der Waals surface area contributed by atoms with Crippen LogP contribution in [0.2, 0.25) is 0 Å². The van der Waals surface area contributed by atoms with Gasteiger partial charge in [-0.25, -0.2) is 0 Å². The van der Waals surface area contributed by atoms with Crippen molar-refractivity contribution in [3.8, 4) is 0 Å². The van der Waals surface area contributed by atoms with E-state index in [0.717, 1.165) is 24.3 Å². The summed E-state index contributed by atoms with van der Waals surface area (Å²) in [7, 11) is 0. The Kier molecular flexibility index (Phi) is 3.80. The lowest BCUT2D eigenvalue weighted by Crippen LogP contribution is -2.06. The third-order valence-electron chi connectivity index (χ3n) is 3.98. The van der Waals surface area contributed by atoms with E-state index in [2.05, 4.69) is 6.07 Å². The van der Waals surface area contributed by atoms with Gasteiger partial charge in [-0.05, 0) is 56.6 Å². The second kappa shape index (κ2) is 5.54. The Morgan fingerprint density at radius 3 is 3.11 bits per heavy atom. The van der Waals surface area contributed by atoms with Gasteiger partial charge in [0.2, 0.25) is 0 Å². The summed E-state index contributed by atoms with van der Waals surface area (Å²) in [5.74, 6) is 0.340. The molecule has 2 nitrogen and oxygen atoms in total. The minimum atomic E-state index is 0.340. The zero-order chi connectivity index (χ0) is 12.4. The maximum atomic E-state index is 12.1. The van der Waals surface area contributed by atoms with Gasteiger partial charge in [0.1, 0.15) is 0 Å². The Bertz CT molecular complexity index is 408. The third-order valence-corrected chi connectivity index (χ3v) is 5.25. The average molecular weight is 264 g/mol. The first kappa shape index (κ1) is 12.4. The SMILES string of the molecule is O=C(CCCC1CCCO1)c1cc2c(s1)CCC2. The van der Waals surface area contributed by atoms with Gasteiger partial charge in [0, 0.05) is 17.9 Å². The number of hydrogen-bond donors (Lipinski definition) is 0. The van der Waals surface area contributed by atoms with Gasteiger partial charge in [-0.3, -0.25) is 4.79 Å². The largest absolute Gasteiger partial charge is 0.378 e. The van der Waals surface area contributed by atoms with E-state index >= 15 is 0 Å². The topological polar surface area (TPSA) is 26.3 Å². The highest BCUT2D eigenvalue weighted by atomic mass is 32.1. The van der Waals surface area contributed by atoms with Gasteiger partial charge in [0.25, 0.3) is 0 Å². The van der Waals surface area contributed by atoms with Crippen molar-refractivity contribution in [2.45, 2.75) is 57.5 Å². The van der Waals surface area contributed by atoms with Crippen LogP contribution in [0.4, 0.5) is 0 Å². The lowest BCUT2D eigenvalue weighted by molar-refractivity contribution is 0.0925. The van der Waals surface area contributed by atoms with E-state index in [9.17, 15) is 4.79 Å². The summed E-state index contributed by atoms with van der Waals surface area (Å²) in [6, 6.07) is 2.14. The molecule has 1 fully saturated rings. The molecule has 1 atom stereocenters. The smallest absolute Gasteiger partial charge is 0.172 e. The fraction of sp³-hybridized carbons (Fsp3) is 0.667. The monoisotopic (exact) mass is 264 g/mol. The van der Waals surface area contributed by atoms with Crippen molar-refractivity contribution in [2.75, 3.05) is 6.61 Å². The van der Waals surface area contributed by atoms with Gasteiger partial charge in [-0.15, -0.1) is 11.3 Å². The van der Waals surface area contributed by atoms with Gasteiger partial charge < -0.3 is 4.74 Å². The molecule has 3 heteroatoms. The van der Waals surface area contributed by atoms with Crippen molar-refractivity contribution in [3.05, 3.63) is 21.4 Å². The van der Waals surface area contributed by atoms with Crippen molar-refractivity contribution in [2.24, 2.45) is 0 Å². The number of carbonyl (C=O) groups is 1. The molecule has 1 aromatic rings. The number of carbonyl (C=O) groups excluding carboxylic acids is 1. The van der Waals surface area contributed by atoms with E-state index in [0.29, 0.717) is 18.3 Å². The molecule has 1 aromatic heterocycles. The lowest BCUT2D eigenvalue weighted by Gasteiger charge is -2.07. The standard InChI is InChI=1S/C15H20O2S/c16-13(7-2-5-12-6-3-9-17-12)15-10-11-4-1-8-14(11)18-15/h10,12H,1-9H2. The molecular weight excluding hydrogens is 244 g/mol. The molecule has 0 spiro atoms. The van der Waals surface area contributed by atoms with E-state index in [1.165, 1.54) is 42.5 Å². The zero-order valence-corrected chi connectivity index (χ0v) is 11.6. The minimum Gasteiger partial charge on any atom is -0.378 e. The van der Waals surface area contributed by atoms with Gasteiger partial charge in [-0.1, -0.05) is 0 Å². The van der Waals surface area contributed by atoms with Crippen LogP contribution in [-0.4, -0.2) is 18.5 Å². The number of aryl methyl sites for hydroxylation is 2. The first-order valence-corrected chi connectivity index (χ1v) is 7.91. The van der Waals surface area contributed by atoms with Crippen LogP contribution in [0.1, 0.15) is 58.6 Å². The van der Waals surface area contributed by atoms with Crippen molar-refractivity contribution < 1.29 is 9.53 Å².